The molecule has 98 valence electrons. The van der Waals surface area contributed by atoms with Crippen LogP contribution in [0.3, 0.4) is 0 Å². The molecule has 0 aliphatic carbocycles. The lowest BCUT2D eigenvalue weighted by atomic mass is 10.2. The Hall–Kier alpha value is -1.64. The van der Waals surface area contributed by atoms with Crippen molar-refractivity contribution in [2.75, 3.05) is 5.32 Å². The van der Waals surface area contributed by atoms with Gasteiger partial charge in [0.15, 0.2) is 11.6 Å². The number of rotatable bonds is 3. The average molecular weight is 299 g/mol. The topological polar surface area (TPSA) is 35.8 Å². The third-order valence-corrected chi connectivity index (χ3v) is 3.97. The fourth-order valence-electron chi connectivity index (χ4n) is 1.62. The van der Waals surface area contributed by atoms with E-state index in [2.05, 4.69) is 5.32 Å². The van der Waals surface area contributed by atoms with Crippen LogP contribution in [0.4, 0.5) is 14.5 Å². The van der Waals surface area contributed by atoms with E-state index in [-0.39, 0.29) is 17.3 Å². The van der Waals surface area contributed by atoms with Gasteiger partial charge in [-0.15, -0.1) is 11.3 Å². The number of nitrogens with one attached hydrogen (secondary N) is 1. The SMILES string of the molecule is CC(Nc1c(F)cc(C#N)cc1F)c1ccc(Cl)s1. The number of halogens is 3. The van der Waals surface area contributed by atoms with Gasteiger partial charge in [-0.25, -0.2) is 8.78 Å². The Balaban J connectivity index is 2.27. The van der Waals surface area contributed by atoms with Crippen LogP contribution in [0.2, 0.25) is 4.34 Å². The molecule has 0 aliphatic heterocycles. The van der Waals surface area contributed by atoms with Crippen molar-refractivity contribution in [1.82, 2.24) is 0 Å². The minimum absolute atomic E-state index is 0.0487. The highest BCUT2D eigenvalue weighted by molar-refractivity contribution is 7.16. The van der Waals surface area contributed by atoms with Gasteiger partial charge in [0.25, 0.3) is 0 Å². The predicted octanol–water partition coefficient (Wildman–Crippen LogP) is 4.72. The molecule has 1 atom stereocenters. The third kappa shape index (κ3) is 3.03. The smallest absolute Gasteiger partial charge is 0.150 e. The second-order valence-corrected chi connectivity index (χ2v) is 5.68. The van der Waals surface area contributed by atoms with Crippen molar-refractivity contribution >= 4 is 28.6 Å². The third-order valence-electron chi connectivity index (χ3n) is 2.55. The average Bonchev–Trinajstić information content (AvgIpc) is 2.80. The number of nitrogens with zero attached hydrogens (tertiary/aromatic N) is 1. The predicted molar refractivity (Wildman–Crippen MR) is 72.4 cm³/mol. The van der Waals surface area contributed by atoms with E-state index in [1.54, 1.807) is 25.1 Å². The summed E-state index contributed by atoms with van der Waals surface area (Å²) in [6.45, 7) is 1.78. The number of benzene rings is 1. The second kappa shape index (κ2) is 5.55. The zero-order chi connectivity index (χ0) is 14.0. The van der Waals surface area contributed by atoms with Gasteiger partial charge in [-0.2, -0.15) is 5.26 Å². The molecular weight excluding hydrogens is 290 g/mol. The summed E-state index contributed by atoms with van der Waals surface area (Å²) in [4.78, 5) is 0.869. The summed E-state index contributed by atoms with van der Waals surface area (Å²) in [6.07, 6.45) is 0. The molecular formula is C13H9ClF2N2S. The maximum absolute atomic E-state index is 13.7. The fourth-order valence-corrected chi connectivity index (χ4v) is 2.69. The Morgan fingerprint density at radius 3 is 2.42 bits per heavy atom. The largest absolute Gasteiger partial charge is 0.373 e. The molecule has 0 bridgehead atoms. The molecule has 0 saturated carbocycles. The van der Waals surface area contributed by atoms with E-state index in [1.165, 1.54) is 11.3 Å². The molecule has 1 unspecified atom stereocenters. The Kier molecular flexibility index (Phi) is 4.03. The van der Waals surface area contributed by atoms with Gasteiger partial charge in [-0.3, -0.25) is 0 Å². The molecule has 1 N–H and O–H groups in total. The minimum atomic E-state index is -0.786. The van der Waals surface area contributed by atoms with Gasteiger partial charge in [0.05, 0.1) is 22.0 Å². The van der Waals surface area contributed by atoms with E-state index >= 15 is 0 Å². The highest BCUT2D eigenvalue weighted by atomic mass is 35.5. The first kappa shape index (κ1) is 13.8. The van der Waals surface area contributed by atoms with Crippen molar-refractivity contribution in [3.05, 3.63) is 50.7 Å². The molecule has 2 nitrogen and oxygen atoms in total. The molecule has 1 aromatic heterocycles. The van der Waals surface area contributed by atoms with Gasteiger partial charge >= 0.3 is 0 Å². The first-order valence-electron chi connectivity index (χ1n) is 5.42. The zero-order valence-electron chi connectivity index (χ0n) is 9.88. The number of hydrogen-bond donors (Lipinski definition) is 1. The molecule has 0 fully saturated rings. The van der Waals surface area contributed by atoms with Crippen LogP contribution in [0.1, 0.15) is 23.4 Å². The molecule has 2 rings (SSSR count). The molecule has 0 amide bonds. The van der Waals surface area contributed by atoms with E-state index < -0.39 is 11.6 Å². The highest BCUT2D eigenvalue weighted by Gasteiger charge is 2.15. The lowest BCUT2D eigenvalue weighted by Gasteiger charge is -2.15. The summed E-state index contributed by atoms with van der Waals surface area (Å²) >= 11 is 7.16. The molecule has 0 saturated heterocycles. The van der Waals surface area contributed by atoms with Crippen LogP contribution in [0.5, 0.6) is 0 Å². The van der Waals surface area contributed by atoms with Crippen molar-refractivity contribution in [3.63, 3.8) is 0 Å². The van der Waals surface area contributed by atoms with E-state index in [4.69, 9.17) is 16.9 Å². The summed E-state index contributed by atoms with van der Waals surface area (Å²) in [5, 5.41) is 11.4. The van der Waals surface area contributed by atoms with Crippen LogP contribution in [0.15, 0.2) is 24.3 Å². The first-order chi connectivity index (χ1) is 9.01. The van der Waals surface area contributed by atoms with Crippen molar-refractivity contribution in [1.29, 1.82) is 5.26 Å². The van der Waals surface area contributed by atoms with Crippen LogP contribution in [-0.2, 0) is 0 Å². The lowest BCUT2D eigenvalue weighted by molar-refractivity contribution is 0.584. The van der Waals surface area contributed by atoms with Crippen molar-refractivity contribution in [3.8, 4) is 6.07 Å². The van der Waals surface area contributed by atoms with E-state index in [1.807, 2.05) is 0 Å². The molecule has 1 heterocycles. The Labute approximate surface area is 118 Å². The fraction of sp³-hybridized carbons (Fsp3) is 0.154. The van der Waals surface area contributed by atoms with Crippen molar-refractivity contribution in [2.24, 2.45) is 0 Å². The first-order valence-corrected chi connectivity index (χ1v) is 6.61. The summed E-state index contributed by atoms with van der Waals surface area (Å²) in [7, 11) is 0. The maximum Gasteiger partial charge on any atom is 0.150 e. The van der Waals surface area contributed by atoms with E-state index in [0.29, 0.717) is 4.34 Å². The van der Waals surface area contributed by atoms with Gasteiger partial charge in [0.2, 0.25) is 0 Å². The van der Waals surface area contributed by atoms with Gasteiger partial charge in [-0.1, -0.05) is 11.6 Å². The summed E-state index contributed by atoms with van der Waals surface area (Å²) in [5.74, 6) is -1.57. The van der Waals surface area contributed by atoms with Gasteiger partial charge < -0.3 is 5.32 Å². The number of nitriles is 1. The summed E-state index contributed by atoms with van der Waals surface area (Å²) < 4.78 is 28.0. The van der Waals surface area contributed by atoms with E-state index in [0.717, 1.165) is 17.0 Å². The zero-order valence-corrected chi connectivity index (χ0v) is 11.4. The maximum atomic E-state index is 13.7. The van der Waals surface area contributed by atoms with Crippen LogP contribution in [0, 0.1) is 23.0 Å². The number of hydrogen-bond acceptors (Lipinski definition) is 3. The van der Waals surface area contributed by atoms with Gasteiger partial charge in [0, 0.05) is 4.88 Å². The van der Waals surface area contributed by atoms with E-state index in [9.17, 15) is 8.78 Å². The second-order valence-electron chi connectivity index (χ2n) is 3.93. The molecule has 0 radical (unpaired) electrons. The normalized spacial score (nSPS) is 11.9. The van der Waals surface area contributed by atoms with Crippen LogP contribution in [-0.4, -0.2) is 0 Å². The summed E-state index contributed by atoms with van der Waals surface area (Å²) in [5.41, 5.74) is -0.289. The van der Waals surface area contributed by atoms with Crippen molar-refractivity contribution < 1.29 is 8.78 Å². The monoisotopic (exact) mass is 298 g/mol. The molecule has 0 aliphatic rings. The molecule has 6 heteroatoms. The molecule has 19 heavy (non-hydrogen) atoms. The minimum Gasteiger partial charge on any atom is -0.373 e. The van der Waals surface area contributed by atoms with Gasteiger partial charge in [-0.05, 0) is 31.2 Å². The Morgan fingerprint density at radius 2 is 1.95 bits per heavy atom. The van der Waals surface area contributed by atoms with Crippen LogP contribution < -0.4 is 5.32 Å². The quantitative estimate of drug-likeness (QED) is 0.889. The lowest BCUT2D eigenvalue weighted by Crippen LogP contribution is -2.08. The molecule has 2 aromatic rings. The van der Waals surface area contributed by atoms with Gasteiger partial charge in [0.1, 0.15) is 5.69 Å². The van der Waals surface area contributed by atoms with Crippen LogP contribution in [0.25, 0.3) is 0 Å². The number of anilines is 1. The number of thiophene rings is 1. The summed E-state index contributed by atoms with van der Waals surface area (Å²) in [6, 6.07) is 6.94. The standard InChI is InChI=1S/C13H9ClF2N2S/c1-7(11-2-3-12(14)19-11)18-13-9(15)4-8(6-17)5-10(13)16/h2-5,7,18H,1H3. The molecule has 0 spiro atoms. The Bertz CT molecular complexity index is 625. The highest BCUT2D eigenvalue weighted by Crippen LogP contribution is 2.30. The Morgan fingerprint density at radius 1 is 1.32 bits per heavy atom. The van der Waals surface area contributed by atoms with Crippen LogP contribution >= 0.6 is 22.9 Å². The van der Waals surface area contributed by atoms with Crippen molar-refractivity contribution in [2.45, 2.75) is 13.0 Å². The molecule has 1 aromatic carbocycles.